The van der Waals surface area contributed by atoms with Crippen molar-refractivity contribution in [3.63, 3.8) is 0 Å². The van der Waals surface area contributed by atoms with Gasteiger partial charge in [0.05, 0.1) is 0 Å². The number of hydrogen-bond acceptors (Lipinski definition) is 7. The SMILES string of the molecule is NS(=O)(=O)NCC1CCCN(c2nc3sccn3c2[N+](=O)[O-])C1. The number of rotatable bonds is 5. The molecule has 3 N–H and O–H groups in total. The van der Waals surface area contributed by atoms with E-state index in [-0.39, 0.29) is 18.3 Å². The van der Waals surface area contributed by atoms with Crippen LogP contribution in [0.1, 0.15) is 12.8 Å². The Hall–Kier alpha value is -1.76. The summed E-state index contributed by atoms with van der Waals surface area (Å²) < 4.78 is 25.8. The fourth-order valence-electron chi connectivity index (χ4n) is 2.80. The van der Waals surface area contributed by atoms with E-state index in [1.807, 2.05) is 4.90 Å². The number of nitro groups is 1. The van der Waals surface area contributed by atoms with Crippen LogP contribution in [0.2, 0.25) is 0 Å². The Balaban J connectivity index is 1.82. The molecule has 3 rings (SSSR count). The Morgan fingerprint density at radius 2 is 2.35 bits per heavy atom. The molecule has 2 aromatic heterocycles. The maximum absolute atomic E-state index is 11.4. The van der Waals surface area contributed by atoms with Crippen molar-refractivity contribution < 1.29 is 13.3 Å². The normalized spacial score (nSPS) is 19.3. The smallest absolute Gasteiger partial charge is 0.358 e. The Kier molecular flexibility index (Phi) is 4.23. The molecule has 0 amide bonds. The number of nitrogens with two attached hydrogens (primary N) is 1. The van der Waals surface area contributed by atoms with E-state index < -0.39 is 15.1 Å². The first-order valence-electron chi connectivity index (χ1n) is 6.97. The van der Waals surface area contributed by atoms with Crippen molar-refractivity contribution in [2.45, 2.75) is 12.8 Å². The molecule has 0 spiro atoms. The van der Waals surface area contributed by atoms with Crippen molar-refractivity contribution in [2.24, 2.45) is 11.1 Å². The lowest BCUT2D eigenvalue weighted by atomic mass is 9.98. The molecule has 1 unspecified atom stereocenters. The first kappa shape index (κ1) is 16.1. The molecule has 1 fully saturated rings. The van der Waals surface area contributed by atoms with Crippen LogP contribution in [0.4, 0.5) is 11.6 Å². The number of anilines is 1. The number of piperidine rings is 1. The lowest BCUT2D eigenvalue weighted by Gasteiger charge is -2.32. The standard InChI is InChI=1S/C11H16N6O4S2/c12-23(20,21)13-6-8-2-1-3-15(7-8)9-10(17(18)19)16-4-5-22-11(16)14-9/h4-5,8,13H,1-3,6-7H2,(H2,12,20,21). The number of fused-ring (bicyclic) bond motifs is 1. The number of thiazole rings is 1. The van der Waals surface area contributed by atoms with Gasteiger partial charge in [0.1, 0.15) is 6.20 Å². The molecule has 3 heterocycles. The molecule has 1 aliphatic heterocycles. The van der Waals surface area contributed by atoms with Gasteiger partial charge in [0.2, 0.25) is 5.82 Å². The Labute approximate surface area is 136 Å². The highest BCUT2D eigenvalue weighted by molar-refractivity contribution is 7.87. The van der Waals surface area contributed by atoms with Crippen LogP contribution in [0.25, 0.3) is 4.96 Å². The predicted octanol–water partition coefficient (Wildman–Crippen LogP) is 0.313. The number of hydrogen-bond donors (Lipinski definition) is 2. The molecular weight excluding hydrogens is 344 g/mol. The zero-order chi connectivity index (χ0) is 16.6. The van der Waals surface area contributed by atoms with E-state index in [0.29, 0.717) is 23.9 Å². The highest BCUT2D eigenvalue weighted by Crippen LogP contribution is 2.33. The Morgan fingerprint density at radius 3 is 3.04 bits per heavy atom. The third kappa shape index (κ3) is 3.44. The Bertz CT molecular complexity index is 829. The first-order chi connectivity index (χ1) is 10.8. The summed E-state index contributed by atoms with van der Waals surface area (Å²) in [5.74, 6) is 0.310. The summed E-state index contributed by atoms with van der Waals surface area (Å²) in [5, 5.41) is 18.1. The monoisotopic (exact) mass is 360 g/mol. The molecule has 0 saturated carbocycles. The van der Waals surface area contributed by atoms with Crippen molar-refractivity contribution in [1.82, 2.24) is 14.1 Å². The van der Waals surface area contributed by atoms with E-state index in [1.54, 1.807) is 11.6 Å². The van der Waals surface area contributed by atoms with Crippen LogP contribution in [0, 0.1) is 16.0 Å². The summed E-state index contributed by atoms with van der Waals surface area (Å²) in [7, 11) is -3.73. The second-order valence-electron chi connectivity index (χ2n) is 5.42. The molecule has 0 aliphatic carbocycles. The molecule has 2 aromatic rings. The van der Waals surface area contributed by atoms with Gasteiger partial charge < -0.3 is 15.0 Å². The molecule has 1 saturated heterocycles. The van der Waals surface area contributed by atoms with Crippen molar-refractivity contribution in [2.75, 3.05) is 24.5 Å². The Morgan fingerprint density at radius 1 is 1.57 bits per heavy atom. The van der Waals surface area contributed by atoms with Gasteiger partial charge in [0, 0.05) is 25.0 Å². The van der Waals surface area contributed by atoms with Gasteiger partial charge >= 0.3 is 5.82 Å². The summed E-state index contributed by atoms with van der Waals surface area (Å²) in [6.07, 6.45) is 3.26. The van der Waals surface area contributed by atoms with Gasteiger partial charge in [-0.05, 0) is 23.7 Å². The van der Waals surface area contributed by atoms with Crippen molar-refractivity contribution in [1.29, 1.82) is 0 Å². The van der Waals surface area contributed by atoms with Gasteiger partial charge in [-0.2, -0.15) is 17.8 Å². The number of imidazole rings is 1. The van der Waals surface area contributed by atoms with E-state index in [1.165, 1.54) is 15.7 Å². The van der Waals surface area contributed by atoms with Gasteiger partial charge in [0.15, 0.2) is 0 Å². The van der Waals surface area contributed by atoms with Gasteiger partial charge in [-0.1, -0.05) is 11.3 Å². The fraction of sp³-hybridized carbons (Fsp3) is 0.545. The molecule has 12 heteroatoms. The van der Waals surface area contributed by atoms with Crippen LogP contribution < -0.4 is 14.8 Å². The van der Waals surface area contributed by atoms with Crippen molar-refractivity contribution in [3.05, 3.63) is 21.7 Å². The maximum atomic E-state index is 11.4. The molecule has 0 aromatic carbocycles. The van der Waals surface area contributed by atoms with Crippen LogP contribution in [-0.2, 0) is 10.2 Å². The highest BCUT2D eigenvalue weighted by atomic mass is 32.2. The fourth-order valence-corrected chi connectivity index (χ4v) is 3.97. The van der Waals surface area contributed by atoms with Gasteiger partial charge in [-0.15, -0.1) is 0 Å². The summed E-state index contributed by atoms with van der Waals surface area (Å²) >= 11 is 1.33. The van der Waals surface area contributed by atoms with E-state index in [4.69, 9.17) is 5.14 Å². The average molecular weight is 360 g/mol. The molecule has 1 atom stereocenters. The molecule has 126 valence electrons. The largest absolute Gasteiger partial charge is 0.373 e. The molecule has 10 nitrogen and oxygen atoms in total. The minimum atomic E-state index is -3.73. The third-order valence-electron chi connectivity index (χ3n) is 3.78. The minimum absolute atomic E-state index is 0.0291. The number of nitrogens with zero attached hydrogens (tertiary/aromatic N) is 4. The summed E-state index contributed by atoms with van der Waals surface area (Å²) in [5.41, 5.74) is 0. The van der Waals surface area contributed by atoms with Crippen molar-refractivity contribution in [3.8, 4) is 0 Å². The average Bonchev–Trinajstić information content (AvgIpc) is 3.04. The van der Waals surface area contributed by atoms with Crippen LogP contribution in [0.15, 0.2) is 11.6 Å². The molecule has 1 aliphatic rings. The highest BCUT2D eigenvalue weighted by Gasteiger charge is 2.31. The number of nitrogens with one attached hydrogen (secondary N) is 1. The minimum Gasteiger partial charge on any atom is -0.358 e. The molecular formula is C11H16N6O4S2. The lowest BCUT2D eigenvalue weighted by Crippen LogP contribution is -2.42. The number of aromatic nitrogens is 2. The van der Waals surface area contributed by atoms with Gasteiger partial charge in [-0.25, -0.2) is 9.86 Å². The zero-order valence-corrected chi connectivity index (χ0v) is 13.7. The van der Waals surface area contributed by atoms with Crippen LogP contribution in [0.3, 0.4) is 0 Å². The van der Waals surface area contributed by atoms with E-state index >= 15 is 0 Å². The zero-order valence-electron chi connectivity index (χ0n) is 12.1. The topological polar surface area (TPSA) is 136 Å². The van der Waals surface area contributed by atoms with E-state index in [9.17, 15) is 18.5 Å². The van der Waals surface area contributed by atoms with Crippen LogP contribution >= 0.6 is 11.3 Å². The van der Waals surface area contributed by atoms with E-state index in [0.717, 1.165) is 12.8 Å². The summed E-state index contributed by atoms with van der Waals surface area (Å²) in [6.45, 7) is 1.36. The second kappa shape index (κ2) is 6.03. The lowest BCUT2D eigenvalue weighted by molar-refractivity contribution is -0.389. The van der Waals surface area contributed by atoms with Crippen molar-refractivity contribution >= 4 is 38.1 Å². The third-order valence-corrected chi connectivity index (χ3v) is 5.11. The predicted molar refractivity (Wildman–Crippen MR) is 85.8 cm³/mol. The molecule has 23 heavy (non-hydrogen) atoms. The molecule has 0 bridgehead atoms. The second-order valence-corrected chi connectivity index (χ2v) is 7.67. The van der Waals surface area contributed by atoms with Gasteiger partial charge in [0.25, 0.3) is 15.2 Å². The van der Waals surface area contributed by atoms with E-state index in [2.05, 4.69) is 9.71 Å². The summed E-state index contributed by atoms with van der Waals surface area (Å²) in [4.78, 5) is 17.7. The maximum Gasteiger partial charge on any atom is 0.373 e. The van der Waals surface area contributed by atoms with Crippen LogP contribution in [-0.4, -0.2) is 42.4 Å². The quantitative estimate of drug-likeness (QED) is 0.582. The van der Waals surface area contributed by atoms with Gasteiger partial charge in [-0.3, -0.25) is 0 Å². The summed E-state index contributed by atoms with van der Waals surface area (Å²) in [6, 6.07) is 0. The van der Waals surface area contributed by atoms with Crippen LogP contribution in [0.5, 0.6) is 0 Å². The first-order valence-corrected chi connectivity index (χ1v) is 9.40. The molecule has 0 radical (unpaired) electrons.